The fourth-order valence-electron chi connectivity index (χ4n) is 4.39. The molecule has 192 valence electrons. The van der Waals surface area contributed by atoms with Crippen LogP contribution in [0, 0.1) is 0 Å². The molecular formula is C31H29N3O3S. The lowest BCUT2D eigenvalue weighted by Crippen LogP contribution is -2.13. The number of amides is 1. The lowest BCUT2D eigenvalue weighted by molar-refractivity contribution is -0.112. The Kier molecular flexibility index (Phi) is 7.65. The van der Waals surface area contributed by atoms with Gasteiger partial charge in [-0.2, -0.15) is 0 Å². The van der Waals surface area contributed by atoms with Crippen LogP contribution in [-0.2, 0) is 10.5 Å². The summed E-state index contributed by atoms with van der Waals surface area (Å²) in [5, 5.41) is 3.28. The van der Waals surface area contributed by atoms with Gasteiger partial charge in [-0.15, -0.1) is 11.8 Å². The molecule has 0 bridgehead atoms. The van der Waals surface area contributed by atoms with Gasteiger partial charge < -0.3 is 19.4 Å². The Morgan fingerprint density at radius 3 is 2.21 bits per heavy atom. The Bertz CT molecular complexity index is 1420. The number of pyridine rings is 1. The largest absolute Gasteiger partial charge is 0.497 e. The molecule has 1 N–H and O–H groups in total. The van der Waals surface area contributed by atoms with E-state index in [1.165, 1.54) is 0 Å². The minimum Gasteiger partial charge on any atom is -0.497 e. The minimum atomic E-state index is -0.131. The first-order valence-corrected chi connectivity index (χ1v) is 13.3. The van der Waals surface area contributed by atoms with E-state index in [2.05, 4.69) is 20.9 Å². The quantitative estimate of drug-likeness (QED) is 0.205. The van der Waals surface area contributed by atoms with Crippen molar-refractivity contribution in [1.82, 2.24) is 9.55 Å². The monoisotopic (exact) mass is 523 g/mol. The van der Waals surface area contributed by atoms with Crippen molar-refractivity contribution in [3.63, 3.8) is 0 Å². The normalized spacial score (nSPS) is 14.5. The molecule has 1 amide bonds. The zero-order valence-corrected chi connectivity index (χ0v) is 22.4. The number of fused-ring (bicyclic) bond motifs is 1. The van der Waals surface area contributed by atoms with Gasteiger partial charge in [-0.05, 0) is 60.0 Å². The Hall–Kier alpha value is -4.23. The highest BCUT2D eigenvalue weighted by molar-refractivity contribution is 7.99. The molecule has 5 rings (SSSR count). The van der Waals surface area contributed by atoms with Gasteiger partial charge in [-0.3, -0.25) is 9.78 Å². The third kappa shape index (κ3) is 5.38. The molecule has 1 aliphatic heterocycles. The first kappa shape index (κ1) is 25.4. The van der Waals surface area contributed by atoms with Crippen molar-refractivity contribution < 1.29 is 14.3 Å². The highest BCUT2D eigenvalue weighted by Crippen LogP contribution is 2.43. The highest BCUT2D eigenvalue weighted by atomic mass is 32.2. The van der Waals surface area contributed by atoms with Gasteiger partial charge in [0, 0.05) is 35.5 Å². The number of ether oxygens (including phenoxy) is 2. The minimum absolute atomic E-state index is 0.131. The molecule has 0 saturated carbocycles. The number of allylic oxidation sites excluding steroid dienone is 2. The third-order valence-corrected chi connectivity index (χ3v) is 7.79. The second kappa shape index (κ2) is 11.4. The molecule has 1 atom stereocenters. The first-order valence-electron chi connectivity index (χ1n) is 12.3. The second-order valence-electron chi connectivity index (χ2n) is 8.87. The molecule has 0 fully saturated rings. The van der Waals surface area contributed by atoms with E-state index in [0.717, 1.165) is 50.9 Å². The van der Waals surface area contributed by atoms with Crippen LogP contribution in [-0.4, -0.2) is 29.7 Å². The molecule has 0 radical (unpaired) electrons. The van der Waals surface area contributed by atoms with E-state index in [1.807, 2.05) is 104 Å². The lowest BCUT2D eigenvalue weighted by atomic mass is 9.97. The molecule has 3 heterocycles. The zero-order valence-electron chi connectivity index (χ0n) is 21.5. The van der Waals surface area contributed by atoms with Gasteiger partial charge in [0.2, 0.25) is 0 Å². The van der Waals surface area contributed by atoms with Crippen molar-refractivity contribution in [3.05, 3.63) is 125 Å². The lowest BCUT2D eigenvalue weighted by Gasteiger charge is -2.12. The summed E-state index contributed by atoms with van der Waals surface area (Å²) in [6.45, 7) is 1.83. The summed E-state index contributed by atoms with van der Waals surface area (Å²) in [6.07, 6.45) is 9.56. The summed E-state index contributed by atoms with van der Waals surface area (Å²) >= 11 is 1.82. The highest BCUT2D eigenvalue weighted by Gasteiger charge is 2.27. The van der Waals surface area contributed by atoms with Crippen molar-refractivity contribution in [1.29, 1.82) is 0 Å². The van der Waals surface area contributed by atoms with Crippen LogP contribution in [0.5, 0.6) is 11.5 Å². The molecular weight excluding hydrogens is 494 g/mol. The number of hydrogen-bond acceptors (Lipinski definition) is 5. The average Bonchev–Trinajstić information content (AvgIpc) is 3.57. The zero-order chi connectivity index (χ0) is 26.5. The Morgan fingerprint density at radius 1 is 0.974 bits per heavy atom. The topological polar surface area (TPSA) is 65.4 Å². The van der Waals surface area contributed by atoms with Crippen LogP contribution in [0.2, 0.25) is 0 Å². The standard InChI is InChI=1S/C31H29N3O3S/c1-21(30(35)33-28-16-18-34-29(28)20-38-31(34)24-5-4-17-32-19-24)6-15-27(22-7-11-25(36-2)12-8-22)23-9-13-26(37-3)14-10-23/h4-19,31H,20H2,1-3H3,(H,33,35)/b21-6+/t31-/m1/s1. The van der Waals surface area contributed by atoms with Crippen LogP contribution in [0.4, 0.5) is 5.69 Å². The predicted molar refractivity (Wildman–Crippen MR) is 154 cm³/mol. The summed E-state index contributed by atoms with van der Waals surface area (Å²) in [5.74, 6) is 2.27. The number of carbonyl (C=O) groups excluding carboxylic acids is 1. The van der Waals surface area contributed by atoms with Gasteiger partial charge in [-0.25, -0.2) is 0 Å². The average molecular weight is 524 g/mol. The van der Waals surface area contributed by atoms with Gasteiger partial charge in [0.1, 0.15) is 16.9 Å². The smallest absolute Gasteiger partial charge is 0.251 e. The molecule has 4 aromatic rings. The van der Waals surface area contributed by atoms with E-state index in [9.17, 15) is 4.79 Å². The van der Waals surface area contributed by atoms with Gasteiger partial charge in [0.25, 0.3) is 5.91 Å². The van der Waals surface area contributed by atoms with Crippen molar-refractivity contribution >= 4 is 28.9 Å². The third-order valence-electron chi connectivity index (χ3n) is 6.53. The van der Waals surface area contributed by atoms with Crippen LogP contribution in [0.25, 0.3) is 5.57 Å². The maximum atomic E-state index is 13.1. The van der Waals surface area contributed by atoms with Crippen LogP contribution in [0.3, 0.4) is 0 Å². The summed E-state index contributed by atoms with van der Waals surface area (Å²) in [6, 6.07) is 21.8. The van der Waals surface area contributed by atoms with Gasteiger partial charge >= 0.3 is 0 Å². The van der Waals surface area contributed by atoms with Crippen LogP contribution < -0.4 is 14.8 Å². The van der Waals surface area contributed by atoms with Crippen LogP contribution in [0.15, 0.2) is 103 Å². The van der Waals surface area contributed by atoms with E-state index >= 15 is 0 Å². The van der Waals surface area contributed by atoms with E-state index in [1.54, 1.807) is 20.4 Å². The maximum absolute atomic E-state index is 13.1. The number of rotatable bonds is 8. The van der Waals surface area contributed by atoms with Gasteiger partial charge in [0.05, 0.1) is 25.6 Å². The molecule has 38 heavy (non-hydrogen) atoms. The molecule has 7 heteroatoms. The van der Waals surface area contributed by atoms with Crippen molar-refractivity contribution in [2.45, 2.75) is 18.1 Å². The number of thioether (sulfide) groups is 1. The predicted octanol–water partition coefficient (Wildman–Crippen LogP) is 6.71. The van der Waals surface area contributed by atoms with Crippen LogP contribution in [0.1, 0.15) is 34.7 Å². The fraction of sp³-hybridized carbons (Fsp3) is 0.161. The summed E-state index contributed by atoms with van der Waals surface area (Å²) < 4.78 is 12.9. The van der Waals surface area contributed by atoms with Crippen molar-refractivity contribution in [2.24, 2.45) is 0 Å². The number of carbonyl (C=O) groups is 1. The summed E-state index contributed by atoms with van der Waals surface area (Å²) in [4.78, 5) is 17.4. The number of aromatic nitrogens is 2. The molecule has 6 nitrogen and oxygen atoms in total. The SMILES string of the molecule is COc1ccc(C(=C/C=C(\C)C(=O)Nc2ccn3c2CS[C@@H]3c2cccnc2)c2ccc(OC)cc2)cc1. The Labute approximate surface area is 227 Å². The molecule has 0 spiro atoms. The van der Waals surface area contributed by atoms with Crippen molar-refractivity contribution in [2.75, 3.05) is 19.5 Å². The molecule has 0 saturated heterocycles. The van der Waals surface area contributed by atoms with Gasteiger partial charge in [-0.1, -0.05) is 42.5 Å². The number of nitrogens with zero attached hydrogens (tertiary/aromatic N) is 2. The number of nitrogens with one attached hydrogen (secondary N) is 1. The molecule has 2 aromatic carbocycles. The molecule has 2 aromatic heterocycles. The Morgan fingerprint density at radius 2 is 1.63 bits per heavy atom. The molecule has 1 aliphatic rings. The summed E-state index contributed by atoms with van der Waals surface area (Å²) in [5.41, 5.74) is 6.74. The molecule has 0 aliphatic carbocycles. The van der Waals surface area contributed by atoms with Gasteiger partial charge in [0.15, 0.2) is 0 Å². The van der Waals surface area contributed by atoms with E-state index in [0.29, 0.717) is 5.57 Å². The fourth-order valence-corrected chi connectivity index (χ4v) is 5.70. The number of anilines is 1. The molecule has 0 unspecified atom stereocenters. The van der Waals surface area contributed by atoms with E-state index < -0.39 is 0 Å². The van der Waals surface area contributed by atoms with Crippen molar-refractivity contribution in [3.8, 4) is 11.5 Å². The maximum Gasteiger partial charge on any atom is 0.251 e. The number of methoxy groups -OCH3 is 2. The number of hydrogen-bond donors (Lipinski definition) is 1. The Balaban J connectivity index is 1.38. The van der Waals surface area contributed by atoms with E-state index in [-0.39, 0.29) is 11.3 Å². The first-order chi connectivity index (χ1) is 18.6. The van der Waals surface area contributed by atoms with Crippen LogP contribution >= 0.6 is 11.8 Å². The number of benzene rings is 2. The summed E-state index contributed by atoms with van der Waals surface area (Å²) in [7, 11) is 3.30. The van der Waals surface area contributed by atoms with E-state index in [4.69, 9.17) is 9.47 Å². The second-order valence-corrected chi connectivity index (χ2v) is 9.94.